The standard InChI is InChI=1S/C12H14Cl2N2O/c1-7-5-15-6-9(7)12(17)16-8-2-3-10(13)11(14)4-8/h2-4,7,9,15H,5-6H2,1H3,(H,16,17). The molecule has 0 aromatic heterocycles. The Balaban J connectivity index is 2.05. The fourth-order valence-electron chi connectivity index (χ4n) is 1.97. The molecule has 2 atom stereocenters. The van der Waals surface area contributed by atoms with E-state index < -0.39 is 0 Å². The van der Waals surface area contributed by atoms with Gasteiger partial charge >= 0.3 is 0 Å². The molecular formula is C12H14Cl2N2O. The lowest BCUT2D eigenvalue weighted by atomic mass is 9.97. The number of amides is 1. The second-order valence-electron chi connectivity index (χ2n) is 4.36. The molecule has 2 unspecified atom stereocenters. The second-order valence-corrected chi connectivity index (χ2v) is 5.17. The summed E-state index contributed by atoms with van der Waals surface area (Å²) in [5.74, 6) is 0.406. The van der Waals surface area contributed by atoms with E-state index >= 15 is 0 Å². The van der Waals surface area contributed by atoms with E-state index in [0.717, 1.165) is 13.1 Å². The van der Waals surface area contributed by atoms with Crippen LogP contribution in [0.1, 0.15) is 6.92 Å². The maximum atomic E-state index is 12.0. The summed E-state index contributed by atoms with van der Waals surface area (Å²) in [6.45, 7) is 3.69. The lowest BCUT2D eigenvalue weighted by Crippen LogP contribution is -2.27. The van der Waals surface area contributed by atoms with Crippen molar-refractivity contribution in [2.45, 2.75) is 6.92 Å². The fraction of sp³-hybridized carbons (Fsp3) is 0.417. The molecule has 3 nitrogen and oxygen atoms in total. The van der Waals surface area contributed by atoms with Crippen LogP contribution in [0.2, 0.25) is 10.0 Å². The number of benzene rings is 1. The molecule has 17 heavy (non-hydrogen) atoms. The smallest absolute Gasteiger partial charge is 0.229 e. The zero-order chi connectivity index (χ0) is 12.4. The Morgan fingerprint density at radius 2 is 2.12 bits per heavy atom. The average Bonchev–Trinajstić information content (AvgIpc) is 2.70. The Hall–Kier alpha value is -0.770. The molecule has 2 N–H and O–H groups in total. The summed E-state index contributed by atoms with van der Waals surface area (Å²) in [6.07, 6.45) is 0. The van der Waals surface area contributed by atoms with Crippen LogP contribution in [-0.2, 0) is 4.79 Å². The Morgan fingerprint density at radius 1 is 1.35 bits per heavy atom. The third-order valence-electron chi connectivity index (χ3n) is 3.04. The van der Waals surface area contributed by atoms with Crippen molar-refractivity contribution in [2.24, 2.45) is 11.8 Å². The highest BCUT2D eigenvalue weighted by molar-refractivity contribution is 6.42. The van der Waals surface area contributed by atoms with Crippen molar-refractivity contribution in [1.29, 1.82) is 0 Å². The maximum Gasteiger partial charge on any atom is 0.229 e. The van der Waals surface area contributed by atoms with Gasteiger partial charge < -0.3 is 10.6 Å². The monoisotopic (exact) mass is 272 g/mol. The predicted molar refractivity (Wildman–Crippen MR) is 70.6 cm³/mol. The van der Waals surface area contributed by atoms with Crippen LogP contribution in [0.25, 0.3) is 0 Å². The highest BCUT2D eigenvalue weighted by Crippen LogP contribution is 2.26. The van der Waals surface area contributed by atoms with Crippen LogP contribution < -0.4 is 10.6 Å². The van der Waals surface area contributed by atoms with E-state index in [1.807, 2.05) is 0 Å². The summed E-state index contributed by atoms with van der Waals surface area (Å²) in [5.41, 5.74) is 0.684. The number of hydrogen-bond donors (Lipinski definition) is 2. The van der Waals surface area contributed by atoms with Crippen molar-refractivity contribution in [3.63, 3.8) is 0 Å². The molecule has 1 saturated heterocycles. The van der Waals surface area contributed by atoms with Crippen molar-refractivity contribution in [1.82, 2.24) is 5.32 Å². The van der Waals surface area contributed by atoms with Gasteiger partial charge in [0.1, 0.15) is 0 Å². The van der Waals surface area contributed by atoms with E-state index in [0.29, 0.717) is 21.7 Å². The van der Waals surface area contributed by atoms with E-state index in [1.165, 1.54) is 0 Å². The number of anilines is 1. The van der Waals surface area contributed by atoms with Crippen molar-refractivity contribution in [2.75, 3.05) is 18.4 Å². The summed E-state index contributed by atoms with van der Waals surface area (Å²) < 4.78 is 0. The van der Waals surface area contributed by atoms with Gasteiger partial charge in [-0.2, -0.15) is 0 Å². The third kappa shape index (κ3) is 2.92. The number of hydrogen-bond acceptors (Lipinski definition) is 2. The Morgan fingerprint density at radius 3 is 2.71 bits per heavy atom. The zero-order valence-electron chi connectivity index (χ0n) is 9.47. The minimum atomic E-state index is 0.0180. The topological polar surface area (TPSA) is 41.1 Å². The van der Waals surface area contributed by atoms with Crippen LogP contribution >= 0.6 is 23.2 Å². The molecule has 1 heterocycles. The maximum absolute atomic E-state index is 12.0. The Bertz CT molecular complexity index is 437. The van der Waals surface area contributed by atoms with E-state index in [1.54, 1.807) is 18.2 Å². The quantitative estimate of drug-likeness (QED) is 0.870. The van der Waals surface area contributed by atoms with Crippen LogP contribution in [0.3, 0.4) is 0 Å². The number of carbonyl (C=O) groups is 1. The molecular weight excluding hydrogens is 259 g/mol. The average molecular weight is 273 g/mol. The molecule has 1 fully saturated rings. The second kappa shape index (κ2) is 5.25. The lowest BCUT2D eigenvalue weighted by molar-refractivity contribution is -0.120. The van der Waals surface area contributed by atoms with Gasteiger partial charge in [-0.25, -0.2) is 0 Å². The van der Waals surface area contributed by atoms with Gasteiger partial charge in [0.05, 0.1) is 16.0 Å². The van der Waals surface area contributed by atoms with Gasteiger partial charge in [-0.15, -0.1) is 0 Å². The molecule has 1 aliphatic heterocycles. The summed E-state index contributed by atoms with van der Waals surface area (Å²) in [6, 6.07) is 5.09. The van der Waals surface area contributed by atoms with Crippen molar-refractivity contribution in [3.8, 4) is 0 Å². The van der Waals surface area contributed by atoms with Gasteiger partial charge in [0.25, 0.3) is 0 Å². The first-order valence-electron chi connectivity index (χ1n) is 5.54. The van der Waals surface area contributed by atoms with Crippen molar-refractivity contribution >= 4 is 34.8 Å². The molecule has 2 rings (SSSR count). The van der Waals surface area contributed by atoms with Gasteiger partial charge in [-0.1, -0.05) is 30.1 Å². The van der Waals surface area contributed by atoms with Crippen LogP contribution in [0.15, 0.2) is 18.2 Å². The Labute approximate surface area is 110 Å². The normalized spacial score (nSPS) is 23.7. The van der Waals surface area contributed by atoms with Crippen LogP contribution in [0.4, 0.5) is 5.69 Å². The molecule has 1 aromatic rings. The zero-order valence-corrected chi connectivity index (χ0v) is 11.0. The summed E-state index contributed by atoms with van der Waals surface area (Å²) >= 11 is 11.7. The highest BCUT2D eigenvalue weighted by atomic mass is 35.5. The van der Waals surface area contributed by atoms with Crippen LogP contribution in [0.5, 0.6) is 0 Å². The molecule has 92 valence electrons. The molecule has 1 amide bonds. The van der Waals surface area contributed by atoms with Crippen LogP contribution in [0, 0.1) is 11.8 Å². The van der Waals surface area contributed by atoms with Gasteiger partial charge in [0.15, 0.2) is 0 Å². The first-order chi connectivity index (χ1) is 8.08. The lowest BCUT2D eigenvalue weighted by Gasteiger charge is -2.14. The summed E-state index contributed by atoms with van der Waals surface area (Å²) in [4.78, 5) is 12.0. The third-order valence-corrected chi connectivity index (χ3v) is 3.78. The summed E-state index contributed by atoms with van der Waals surface area (Å²) in [7, 11) is 0. The molecule has 0 spiro atoms. The first kappa shape index (κ1) is 12.7. The molecule has 1 aliphatic rings. The van der Waals surface area contributed by atoms with Gasteiger partial charge in [-0.3, -0.25) is 4.79 Å². The van der Waals surface area contributed by atoms with Gasteiger partial charge in [0.2, 0.25) is 5.91 Å². The highest BCUT2D eigenvalue weighted by Gasteiger charge is 2.29. The van der Waals surface area contributed by atoms with Gasteiger partial charge in [0, 0.05) is 12.2 Å². The molecule has 0 radical (unpaired) electrons. The number of halogens is 2. The minimum absolute atomic E-state index is 0.0180. The molecule has 0 bridgehead atoms. The van der Waals surface area contributed by atoms with E-state index in [2.05, 4.69) is 17.6 Å². The number of rotatable bonds is 2. The number of carbonyl (C=O) groups excluding carboxylic acids is 1. The summed E-state index contributed by atoms with van der Waals surface area (Å²) in [5, 5.41) is 6.99. The largest absolute Gasteiger partial charge is 0.326 e. The number of nitrogens with one attached hydrogen (secondary N) is 2. The first-order valence-corrected chi connectivity index (χ1v) is 6.30. The minimum Gasteiger partial charge on any atom is -0.326 e. The van der Waals surface area contributed by atoms with E-state index in [4.69, 9.17) is 23.2 Å². The predicted octanol–water partition coefficient (Wildman–Crippen LogP) is 2.79. The van der Waals surface area contributed by atoms with Crippen molar-refractivity contribution in [3.05, 3.63) is 28.2 Å². The Kier molecular flexibility index (Phi) is 3.92. The molecule has 0 aliphatic carbocycles. The molecule has 5 heteroatoms. The van der Waals surface area contributed by atoms with Crippen LogP contribution in [-0.4, -0.2) is 19.0 Å². The molecule has 1 aromatic carbocycles. The van der Waals surface area contributed by atoms with Crippen molar-refractivity contribution < 1.29 is 4.79 Å². The van der Waals surface area contributed by atoms with Gasteiger partial charge in [-0.05, 0) is 30.7 Å². The fourth-order valence-corrected chi connectivity index (χ4v) is 2.27. The van der Waals surface area contributed by atoms with E-state index in [9.17, 15) is 4.79 Å². The SMILES string of the molecule is CC1CNCC1C(=O)Nc1ccc(Cl)c(Cl)c1. The van der Waals surface area contributed by atoms with E-state index in [-0.39, 0.29) is 11.8 Å². The molecule has 0 saturated carbocycles.